The molecule has 0 bridgehead atoms. The molecule has 1 heterocycles. The molecule has 0 saturated carbocycles. The number of benzene rings is 2. The molecule has 1 aromatic heterocycles. The van der Waals surface area contributed by atoms with Gasteiger partial charge in [-0.15, -0.1) is 16.7 Å². The monoisotopic (exact) mass is 412 g/mol. The van der Waals surface area contributed by atoms with Gasteiger partial charge in [0.05, 0.1) is 12.3 Å². The van der Waals surface area contributed by atoms with Crippen molar-refractivity contribution in [1.29, 1.82) is 0 Å². The van der Waals surface area contributed by atoms with Crippen molar-refractivity contribution in [3.63, 3.8) is 0 Å². The summed E-state index contributed by atoms with van der Waals surface area (Å²) < 4.78 is 7.52. The predicted octanol–water partition coefficient (Wildman–Crippen LogP) is 4.84. The Morgan fingerprint density at radius 1 is 1.14 bits per heavy atom. The zero-order chi connectivity index (χ0) is 21.0. The van der Waals surface area contributed by atoms with Gasteiger partial charge in [0.2, 0.25) is 5.91 Å². The Bertz CT molecular complexity index is 981. The van der Waals surface area contributed by atoms with Gasteiger partial charge in [-0.1, -0.05) is 38.1 Å². The maximum atomic E-state index is 11.8. The number of hydrogen-bond acceptors (Lipinski definition) is 4. The van der Waals surface area contributed by atoms with Crippen LogP contribution in [-0.4, -0.2) is 32.7 Å². The van der Waals surface area contributed by atoms with Crippen LogP contribution < -0.4 is 10.1 Å². The molecule has 0 radical (unpaired) electrons. The topological polar surface area (TPSA) is 69.0 Å². The molecule has 3 rings (SSSR count). The molecule has 29 heavy (non-hydrogen) atoms. The van der Waals surface area contributed by atoms with E-state index in [2.05, 4.69) is 29.2 Å². The van der Waals surface area contributed by atoms with E-state index in [-0.39, 0.29) is 5.91 Å². The fourth-order valence-corrected chi connectivity index (χ4v) is 2.76. The highest BCUT2D eigenvalue weighted by atomic mass is 35.5. The van der Waals surface area contributed by atoms with Gasteiger partial charge >= 0.3 is 6.01 Å². The molecule has 0 fully saturated rings. The molecule has 2 aromatic carbocycles. The van der Waals surface area contributed by atoms with Crippen LogP contribution in [-0.2, 0) is 4.79 Å². The maximum Gasteiger partial charge on any atom is 0.336 e. The van der Waals surface area contributed by atoms with Gasteiger partial charge in [-0.2, -0.15) is 4.98 Å². The van der Waals surface area contributed by atoms with Crippen LogP contribution >= 0.6 is 11.6 Å². The van der Waals surface area contributed by atoms with E-state index in [0.717, 1.165) is 16.8 Å². The smallest absolute Gasteiger partial charge is 0.336 e. The van der Waals surface area contributed by atoms with Gasteiger partial charge in [0, 0.05) is 11.3 Å². The van der Waals surface area contributed by atoms with Crippen molar-refractivity contribution < 1.29 is 9.53 Å². The van der Waals surface area contributed by atoms with E-state index in [1.54, 1.807) is 11.6 Å². The number of aromatic nitrogens is 3. The normalized spacial score (nSPS) is 12.1. The molecule has 1 amide bonds. The lowest BCUT2D eigenvalue weighted by atomic mass is 10.1. The molecule has 1 atom stereocenters. The van der Waals surface area contributed by atoms with Gasteiger partial charge in [-0.25, -0.2) is 4.68 Å². The summed E-state index contributed by atoms with van der Waals surface area (Å²) in [5, 5.41) is 6.74. The Morgan fingerprint density at radius 3 is 2.45 bits per heavy atom. The van der Waals surface area contributed by atoms with E-state index < -0.39 is 5.38 Å². The number of hydrogen-bond donors (Lipinski definition) is 1. The average molecular weight is 413 g/mol. The number of halogens is 1. The minimum atomic E-state index is -0.599. The molecule has 1 N–H and O–H groups in total. The first-order chi connectivity index (χ1) is 13.8. The van der Waals surface area contributed by atoms with Crippen LogP contribution in [0.1, 0.15) is 26.3 Å². The van der Waals surface area contributed by atoms with Crippen molar-refractivity contribution in [2.45, 2.75) is 33.1 Å². The molecule has 7 heteroatoms. The van der Waals surface area contributed by atoms with Crippen molar-refractivity contribution in [3.05, 3.63) is 54.1 Å². The van der Waals surface area contributed by atoms with Gasteiger partial charge in [-0.05, 0) is 49.6 Å². The molecule has 0 aliphatic heterocycles. The lowest BCUT2D eigenvalue weighted by Crippen LogP contribution is -2.20. The SMILES string of the molecule is Cc1ccccc1-c1nc(OCC(C)C)nn1-c1ccc(NC(=O)[C@@H](C)Cl)cc1. The minimum absolute atomic E-state index is 0.245. The largest absolute Gasteiger partial charge is 0.462 e. The van der Waals surface area contributed by atoms with Crippen LogP contribution in [0.25, 0.3) is 17.1 Å². The van der Waals surface area contributed by atoms with E-state index in [1.165, 1.54) is 0 Å². The summed E-state index contributed by atoms with van der Waals surface area (Å²) in [6, 6.07) is 15.7. The zero-order valence-corrected chi connectivity index (χ0v) is 17.8. The fraction of sp³-hybridized carbons (Fsp3) is 0.318. The molecule has 152 valence electrons. The number of nitrogens with zero attached hydrogens (tertiary/aromatic N) is 3. The second kappa shape index (κ2) is 9.09. The van der Waals surface area contributed by atoms with Crippen molar-refractivity contribution in [3.8, 4) is 23.1 Å². The van der Waals surface area contributed by atoms with E-state index in [9.17, 15) is 4.79 Å². The van der Waals surface area contributed by atoms with Crippen molar-refractivity contribution in [2.75, 3.05) is 11.9 Å². The van der Waals surface area contributed by atoms with Gasteiger partial charge in [-0.3, -0.25) is 4.79 Å². The Balaban J connectivity index is 1.96. The van der Waals surface area contributed by atoms with Crippen LogP contribution in [0.2, 0.25) is 0 Å². The van der Waals surface area contributed by atoms with E-state index in [1.807, 2.05) is 55.5 Å². The van der Waals surface area contributed by atoms with Crippen molar-refractivity contribution in [1.82, 2.24) is 14.8 Å². The van der Waals surface area contributed by atoms with Crippen LogP contribution in [0, 0.1) is 12.8 Å². The lowest BCUT2D eigenvalue weighted by molar-refractivity contribution is -0.115. The predicted molar refractivity (Wildman–Crippen MR) is 116 cm³/mol. The molecule has 0 unspecified atom stereocenters. The number of ether oxygens (including phenoxy) is 1. The Kier molecular flexibility index (Phi) is 6.54. The molecular weight excluding hydrogens is 388 g/mol. The molecule has 0 aliphatic rings. The highest BCUT2D eigenvalue weighted by molar-refractivity contribution is 6.32. The highest BCUT2D eigenvalue weighted by Crippen LogP contribution is 2.27. The van der Waals surface area contributed by atoms with Crippen LogP contribution in [0.15, 0.2) is 48.5 Å². The second-order valence-electron chi connectivity index (χ2n) is 7.30. The zero-order valence-electron chi connectivity index (χ0n) is 17.0. The average Bonchev–Trinajstić information content (AvgIpc) is 3.11. The molecular formula is C22H25ClN4O2. The molecule has 0 aliphatic carbocycles. The van der Waals surface area contributed by atoms with E-state index in [4.69, 9.17) is 16.3 Å². The first-order valence-corrected chi connectivity index (χ1v) is 10.00. The summed E-state index contributed by atoms with van der Waals surface area (Å²) >= 11 is 5.82. The standard InChI is InChI=1S/C22H25ClN4O2/c1-14(2)13-29-22-25-20(19-8-6-5-7-15(19)3)27(26-22)18-11-9-17(10-12-18)24-21(28)16(4)23/h5-12,14,16H,13H2,1-4H3,(H,24,28)/t16-/m1/s1. The lowest BCUT2D eigenvalue weighted by Gasteiger charge is -2.10. The second-order valence-corrected chi connectivity index (χ2v) is 7.96. The van der Waals surface area contributed by atoms with Gasteiger partial charge in [0.1, 0.15) is 5.38 Å². The molecule has 6 nitrogen and oxygen atoms in total. The van der Waals surface area contributed by atoms with E-state index in [0.29, 0.717) is 30.0 Å². The first-order valence-electron chi connectivity index (χ1n) is 9.56. The third kappa shape index (κ3) is 5.15. The number of rotatable bonds is 7. The number of nitrogens with one attached hydrogen (secondary N) is 1. The molecule has 0 saturated heterocycles. The third-order valence-electron chi connectivity index (χ3n) is 4.26. The number of carbonyl (C=O) groups excluding carboxylic acids is 1. The number of carbonyl (C=O) groups is 1. The summed E-state index contributed by atoms with van der Waals surface area (Å²) in [7, 11) is 0. The number of aryl methyl sites for hydroxylation is 1. The summed E-state index contributed by atoms with van der Waals surface area (Å²) in [6.45, 7) is 8.36. The van der Waals surface area contributed by atoms with Crippen molar-refractivity contribution >= 4 is 23.2 Å². The van der Waals surface area contributed by atoms with Crippen LogP contribution in [0.4, 0.5) is 5.69 Å². The third-order valence-corrected chi connectivity index (χ3v) is 4.46. The maximum absolute atomic E-state index is 11.8. The van der Waals surface area contributed by atoms with Gasteiger partial charge < -0.3 is 10.1 Å². The van der Waals surface area contributed by atoms with Gasteiger partial charge in [0.25, 0.3) is 0 Å². The van der Waals surface area contributed by atoms with Crippen molar-refractivity contribution in [2.24, 2.45) is 5.92 Å². The Morgan fingerprint density at radius 2 is 1.83 bits per heavy atom. The number of anilines is 1. The Labute approximate surface area is 175 Å². The van der Waals surface area contributed by atoms with Gasteiger partial charge in [0.15, 0.2) is 5.82 Å². The summed E-state index contributed by atoms with van der Waals surface area (Å²) in [6.07, 6.45) is 0. The fourth-order valence-electron chi connectivity index (χ4n) is 2.70. The van der Waals surface area contributed by atoms with Crippen LogP contribution in [0.3, 0.4) is 0 Å². The summed E-state index contributed by atoms with van der Waals surface area (Å²) in [5.74, 6) is 0.828. The quantitative estimate of drug-likeness (QED) is 0.563. The Hall–Kier alpha value is -2.86. The molecule has 3 aromatic rings. The number of amides is 1. The number of alkyl halides is 1. The van der Waals surface area contributed by atoms with Crippen LogP contribution in [0.5, 0.6) is 6.01 Å². The summed E-state index contributed by atoms with van der Waals surface area (Å²) in [5.41, 5.74) is 3.55. The van der Waals surface area contributed by atoms with E-state index >= 15 is 0 Å². The minimum Gasteiger partial charge on any atom is -0.462 e. The highest BCUT2D eigenvalue weighted by Gasteiger charge is 2.17. The summed E-state index contributed by atoms with van der Waals surface area (Å²) in [4.78, 5) is 16.4. The molecule has 0 spiro atoms. The first kappa shape index (κ1) is 20.9.